The van der Waals surface area contributed by atoms with Gasteiger partial charge in [-0.2, -0.15) is 0 Å². The molecule has 1 N–H and O–H groups in total. The molecule has 0 aliphatic rings. The molecule has 9 heteroatoms. The molecule has 2 rings (SSSR count). The summed E-state index contributed by atoms with van der Waals surface area (Å²) in [4.78, 5) is 12.7. The summed E-state index contributed by atoms with van der Waals surface area (Å²) in [7, 11) is -1.87. The Morgan fingerprint density at radius 3 is 2.19 bits per heavy atom. The van der Waals surface area contributed by atoms with Crippen LogP contribution in [0.1, 0.15) is 32.8 Å². The van der Waals surface area contributed by atoms with Gasteiger partial charge in [-0.05, 0) is 62.2 Å². The first kappa shape index (κ1) is 25.3. The molecule has 0 saturated heterocycles. The van der Waals surface area contributed by atoms with E-state index < -0.39 is 16.1 Å². The molecule has 1 atom stereocenters. The Labute approximate surface area is 190 Å². The Morgan fingerprint density at radius 2 is 1.62 bits per heavy atom. The average molecular weight is 465 g/mol. The van der Waals surface area contributed by atoms with E-state index in [1.807, 2.05) is 39.0 Å². The summed E-state index contributed by atoms with van der Waals surface area (Å²) in [6, 6.07) is 12.1. The number of carbonyl (C=O) groups excluding carboxylic acids is 1. The van der Waals surface area contributed by atoms with Crippen molar-refractivity contribution >= 4 is 21.6 Å². The number of anilines is 1. The third-order valence-corrected chi connectivity index (χ3v) is 5.92. The minimum atomic E-state index is -3.34. The smallest absolute Gasteiger partial charge is 0.261 e. The second kappa shape index (κ2) is 11.6. The normalized spacial score (nSPS) is 12.0. The van der Waals surface area contributed by atoms with Gasteiger partial charge in [-0.25, -0.2) is 8.42 Å². The first-order valence-corrected chi connectivity index (χ1v) is 12.4. The van der Waals surface area contributed by atoms with Gasteiger partial charge in [0.25, 0.3) is 5.91 Å². The van der Waals surface area contributed by atoms with E-state index in [0.717, 1.165) is 11.8 Å². The highest BCUT2D eigenvalue weighted by atomic mass is 32.2. The molecule has 0 spiro atoms. The topological polar surface area (TPSA) is 94.2 Å². The fourth-order valence-electron chi connectivity index (χ4n) is 2.92. The molecule has 0 unspecified atom stereocenters. The summed E-state index contributed by atoms with van der Waals surface area (Å²) < 4.78 is 41.5. The van der Waals surface area contributed by atoms with Gasteiger partial charge in [0.05, 0.1) is 25.2 Å². The van der Waals surface area contributed by atoms with E-state index in [1.165, 1.54) is 11.4 Å². The molecule has 2 aromatic rings. The maximum atomic E-state index is 12.7. The number of benzene rings is 2. The number of hydrogen-bond acceptors (Lipinski definition) is 6. The molecule has 8 nitrogen and oxygen atoms in total. The van der Waals surface area contributed by atoms with Crippen molar-refractivity contribution in [1.29, 1.82) is 0 Å². The van der Waals surface area contributed by atoms with Crippen molar-refractivity contribution in [3.05, 3.63) is 48.0 Å². The molecular weight excluding hydrogens is 432 g/mol. The van der Waals surface area contributed by atoms with E-state index in [0.29, 0.717) is 49.1 Å². The van der Waals surface area contributed by atoms with Gasteiger partial charge in [0.15, 0.2) is 17.6 Å². The maximum Gasteiger partial charge on any atom is 0.261 e. The highest BCUT2D eigenvalue weighted by molar-refractivity contribution is 7.92. The van der Waals surface area contributed by atoms with E-state index in [2.05, 4.69) is 5.32 Å². The highest BCUT2D eigenvalue weighted by Gasteiger charge is 2.19. The Balaban J connectivity index is 2.00. The van der Waals surface area contributed by atoms with Gasteiger partial charge < -0.3 is 19.5 Å². The minimum absolute atomic E-state index is 0.239. The Morgan fingerprint density at radius 1 is 1.00 bits per heavy atom. The van der Waals surface area contributed by atoms with Crippen molar-refractivity contribution in [1.82, 2.24) is 5.32 Å². The van der Waals surface area contributed by atoms with Crippen LogP contribution in [-0.4, -0.2) is 46.9 Å². The van der Waals surface area contributed by atoms with Crippen molar-refractivity contribution in [3.8, 4) is 17.2 Å². The fraction of sp³-hybridized carbons (Fsp3) is 0.435. The summed E-state index contributed by atoms with van der Waals surface area (Å²) in [6.45, 7) is 7.05. The number of amides is 1. The molecule has 0 saturated carbocycles. The van der Waals surface area contributed by atoms with Crippen LogP contribution in [0.3, 0.4) is 0 Å². The fourth-order valence-corrected chi connectivity index (χ4v) is 3.43. The lowest BCUT2D eigenvalue weighted by molar-refractivity contribution is -0.128. The first-order valence-electron chi connectivity index (χ1n) is 10.6. The van der Waals surface area contributed by atoms with Gasteiger partial charge >= 0.3 is 0 Å². The second-order valence-electron chi connectivity index (χ2n) is 7.10. The van der Waals surface area contributed by atoms with Crippen LogP contribution in [-0.2, 0) is 21.4 Å². The summed E-state index contributed by atoms with van der Waals surface area (Å²) >= 11 is 0. The second-order valence-corrected chi connectivity index (χ2v) is 9.12. The number of ether oxygens (including phenoxy) is 3. The third-order valence-electron chi connectivity index (χ3n) is 4.71. The van der Waals surface area contributed by atoms with Crippen LogP contribution in [0, 0.1) is 0 Å². The minimum Gasteiger partial charge on any atom is -0.490 e. The Kier molecular flexibility index (Phi) is 9.19. The van der Waals surface area contributed by atoms with E-state index in [4.69, 9.17) is 14.2 Å². The van der Waals surface area contributed by atoms with E-state index in [-0.39, 0.29) is 5.91 Å². The largest absolute Gasteiger partial charge is 0.490 e. The number of carbonyl (C=O) groups is 1. The lowest BCUT2D eigenvalue weighted by atomic mass is 10.2. The molecule has 32 heavy (non-hydrogen) atoms. The predicted octanol–water partition coefficient (Wildman–Crippen LogP) is 3.35. The van der Waals surface area contributed by atoms with Crippen LogP contribution in [0.2, 0.25) is 0 Å². The molecule has 0 fully saturated rings. The van der Waals surface area contributed by atoms with E-state index >= 15 is 0 Å². The van der Waals surface area contributed by atoms with Crippen LogP contribution in [0.5, 0.6) is 17.2 Å². The van der Waals surface area contributed by atoms with Crippen molar-refractivity contribution in [3.63, 3.8) is 0 Å². The zero-order valence-corrected chi connectivity index (χ0v) is 20.1. The lowest BCUT2D eigenvalue weighted by Gasteiger charge is -2.19. The number of nitrogens with one attached hydrogen (secondary N) is 1. The average Bonchev–Trinajstić information content (AvgIpc) is 2.77. The number of hydrogen-bond donors (Lipinski definition) is 1. The zero-order chi connectivity index (χ0) is 23.7. The highest BCUT2D eigenvalue weighted by Crippen LogP contribution is 2.28. The monoisotopic (exact) mass is 464 g/mol. The standard InChI is InChI=1S/C23H32N2O6S/c1-6-20(31-19-12-10-18(11-13-19)25(4)32(5,27)28)23(26)24-16-17-9-14-21(29-7-2)22(15-17)30-8-3/h9-15,20H,6-8,16H2,1-5H3,(H,24,26)/t20-/m1/s1. The van der Waals surface area contributed by atoms with E-state index in [9.17, 15) is 13.2 Å². The number of sulfonamides is 1. The molecule has 176 valence electrons. The van der Waals surface area contributed by atoms with Crippen LogP contribution >= 0.6 is 0 Å². The van der Waals surface area contributed by atoms with Crippen LogP contribution in [0.4, 0.5) is 5.69 Å². The van der Waals surface area contributed by atoms with Gasteiger partial charge in [0, 0.05) is 13.6 Å². The SMILES string of the molecule is CCOc1ccc(CNC(=O)[C@@H](CC)Oc2ccc(N(C)S(C)(=O)=O)cc2)cc1OCC. The zero-order valence-electron chi connectivity index (χ0n) is 19.3. The van der Waals surface area contributed by atoms with Crippen molar-refractivity contribution < 1.29 is 27.4 Å². The van der Waals surface area contributed by atoms with Crippen LogP contribution < -0.4 is 23.8 Å². The first-order chi connectivity index (χ1) is 15.2. The molecule has 0 aliphatic heterocycles. The lowest BCUT2D eigenvalue weighted by Crippen LogP contribution is -2.37. The maximum absolute atomic E-state index is 12.7. The van der Waals surface area contributed by atoms with Gasteiger partial charge in [-0.1, -0.05) is 13.0 Å². The predicted molar refractivity (Wildman–Crippen MR) is 125 cm³/mol. The van der Waals surface area contributed by atoms with Gasteiger partial charge in [0.2, 0.25) is 10.0 Å². The van der Waals surface area contributed by atoms with E-state index in [1.54, 1.807) is 24.3 Å². The molecule has 0 heterocycles. The van der Waals surface area contributed by atoms with Crippen LogP contribution in [0.25, 0.3) is 0 Å². The quantitative estimate of drug-likeness (QED) is 0.518. The molecule has 2 aromatic carbocycles. The molecule has 0 bridgehead atoms. The molecular formula is C23H32N2O6S. The van der Waals surface area contributed by atoms with Crippen molar-refractivity contribution in [2.24, 2.45) is 0 Å². The molecule has 0 aliphatic carbocycles. The third kappa shape index (κ3) is 7.05. The van der Waals surface area contributed by atoms with Crippen molar-refractivity contribution in [2.45, 2.75) is 39.8 Å². The summed E-state index contributed by atoms with van der Waals surface area (Å²) in [5.74, 6) is 1.56. The van der Waals surface area contributed by atoms with Gasteiger partial charge in [-0.15, -0.1) is 0 Å². The number of rotatable bonds is 12. The van der Waals surface area contributed by atoms with Crippen LogP contribution in [0.15, 0.2) is 42.5 Å². The summed E-state index contributed by atoms with van der Waals surface area (Å²) in [5.41, 5.74) is 1.39. The van der Waals surface area contributed by atoms with Gasteiger partial charge in [-0.3, -0.25) is 9.10 Å². The van der Waals surface area contributed by atoms with Crippen molar-refractivity contribution in [2.75, 3.05) is 30.8 Å². The summed E-state index contributed by atoms with van der Waals surface area (Å²) in [5, 5.41) is 2.89. The molecule has 0 radical (unpaired) electrons. The number of nitrogens with zero attached hydrogens (tertiary/aromatic N) is 1. The summed E-state index contributed by atoms with van der Waals surface area (Å²) in [6.07, 6.45) is 0.934. The Bertz CT molecular complexity index is 992. The van der Waals surface area contributed by atoms with Gasteiger partial charge in [0.1, 0.15) is 5.75 Å². The molecule has 0 aromatic heterocycles. The Hall–Kier alpha value is -2.94. The molecule has 1 amide bonds.